The van der Waals surface area contributed by atoms with Crippen molar-refractivity contribution in [3.05, 3.63) is 27.1 Å². The second kappa shape index (κ2) is 5.16. The summed E-state index contributed by atoms with van der Waals surface area (Å²) in [5.74, 6) is 0. The average Bonchev–Trinajstić information content (AvgIpc) is 1.92. The molecule has 1 aromatic rings. The van der Waals surface area contributed by atoms with Crippen LogP contribution in [-0.4, -0.2) is 38.8 Å². The third kappa shape index (κ3) is 3.91. The molecule has 0 saturated carbocycles. The van der Waals surface area contributed by atoms with Crippen LogP contribution in [0.3, 0.4) is 0 Å². The van der Waals surface area contributed by atoms with E-state index in [1.54, 1.807) is 6.07 Å². The van der Waals surface area contributed by atoms with Crippen LogP contribution in [-0.2, 0) is 10.1 Å². The van der Waals surface area contributed by atoms with E-state index in [2.05, 4.69) is 31.9 Å². The number of benzene rings is 1. The van der Waals surface area contributed by atoms with Gasteiger partial charge < -0.3 is 0 Å². The molecule has 0 saturated heterocycles. The summed E-state index contributed by atoms with van der Waals surface area (Å²) >= 11 is 6.10. The Morgan fingerprint density at radius 3 is 2.15 bits per heavy atom. The normalized spacial score (nSPS) is 10.7. The van der Waals surface area contributed by atoms with Crippen molar-refractivity contribution in [2.75, 3.05) is 0 Å². The van der Waals surface area contributed by atoms with E-state index in [1.807, 2.05) is 0 Å². The zero-order valence-corrected chi connectivity index (χ0v) is 9.65. The Kier molecular flexibility index (Phi) is 5.54. The van der Waals surface area contributed by atoms with E-state index in [1.165, 1.54) is 12.1 Å². The summed E-state index contributed by atoms with van der Waals surface area (Å²) in [6.45, 7) is 0. The van der Waals surface area contributed by atoms with Crippen molar-refractivity contribution in [3.8, 4) is 0 Å². The molecular formula is C6H7Br2InO3S. The van der Waals surface area contributed by atoms with Crippen molar-refractivity contribution >= 4 is 67.8 Å². The molecule has 0 fully saturated rings. The van der Waals surface area contributed by atoms with Gasteiger partial charge in [0.05, 0.1) is 0 Å². The third-order valence-corrected chi connectivity index (χ3v) is 3.51. The van der Waals surface area contributed by atoms with Gasteiger partial charge in [-0.1, -0.05) is 15.9 Å². The molecule has 0 aliphatic carbocycles. The second-order valence-electron chi connectivity index (χ2n) is 2.05. The standard InChI is InChI=1S/C6H4Br2O3S.In.3H/c7-4-1-2-5(8)6(3-4)12(9,10)11;;;;/h1-3H,(H,9,10,11);;;;. The van der Waals surface area contributed by atoms with E-state index >= 15 is 0 Å². The fourth-order valence-electron chi connectivity index (χ4n) is 0.675. The second-order valence-corrected chi connectivity index (χ2v) is 5.21. The molecule has 0 aromatic heterocycles. The van der Waals surface area contributed by atoms with Gasteiger partial charge in [-0.05, 0) is 34.1 Å². The molecule has 0 aliphatic rings. The van der Waals surface area contributed by atoms with Gasteiger partial charge >= 0.3 is 25.8 Å². The molecule has 1 N–H and O–H groups in total. The quantitative estimate of drug-likeness (QED) is 0.679. The first-order valence-electron chi connectivity index (χ1n) is 2.84. The topological polar surface area (TPSA) is 54.4 Å². The molecule has 1 aromatic carbocycles. The van der Waals surface area contributed by atoms with Crippen molar-refractivity contribution in [1.29, 1.82) is 0 Å². The molecule has 7 heteroatoms. The van der Waals surface area contributed by atoms with Gasteiger partial charge in [0.25, 0.3) is 10.1 Å². The Morgan fingerprint density at radius 2 is 1.77 bits per heavy atom. The Bertz CT molecular complexity index is 404. The van der Waals surface area contributed by atoms with Gasteiger partial charge in [-0.15, -0.1) is 0 Å². The number of rotatable bonds is 1. The Labute approximate surface area is 112 Å². The maximum atomic E-state index is 10.7. The van der Waals surface area contributed by atoms with E-state index in [0.717, 1.165) is 0 Å². The Balaban J connectivity index is 0.00000144. The van der Waals surface area contributed by atoms with Crippen molar-refractivity contribution in [3.63, 3.8) is 0 Å². The molecule has 0 heterocycles. The molecule has 72 valence electrons. The maximum absolute atomic E-state index is 10.7. The van der Waals surface area contributed by atoms with Crippen molar-refractivity contribution in [2.45, 2.75) is 4.90 Å². The molecular weight excluding hydrogens is 427 g/mol. The molecule has 1 rings (SSSR count). The van der Waals surface area contributed by atoms with Crippen LogP contribution in [0.25, 0.3) is 0 Å². The Hall–Kier alpha value is 0.960. The third-order valence-electron chi connectivity index (χ3n) is 1.17. The van der Waals surface area contributed by atoms with E-state index in [9.17, 15) is 8.42 Å². The van der Waals surface area contributed by atoms with Crippen LogP contribution in [0.2, 0.25) is 0 Å². The number of halogens is 2. The number of hydrogen-bond acceptors (Lipinski definition) is 2. The summed E-state index contributed by atoms with van der Waals surface area (Å²) < 4.78 is 31.1. The summed E-state index contributed by atoms with van der Waals surface area (Å²) in [6, 6.07) is 4.52. The van der Waals surface area contributed by atoms with E-state index in [0.29, 0.717) is 8.95 Å². The van der Waals surface area contributed by atoms with Gasteiger partial charge in [0.2, 0.25) is 0 Å². The fraction of sp³-hybridized carbons (Fsp3) is 0. The monoisotopic (exact) mass is 432 g/mol. The molecule has 0 radical (unpaired) electrons. The van der Waals surface area contributed by atoms with Crippen LogP contribution in [0.15, 0.2) is 32.0 Å². The fourth-order valence-corrected chi connectivity index (χ4v) is 2.64. The van der Waals surface area contributed by atoms with Crippen LogP contribution in [0.1, 0.15) is 0 Å². The van der Waals surface area contributed by atoms with Crippen molar-refractivity contribution in [2.24, 2.45) is 0 Å². The first-order chi connectivity index (χ1) is 5.41. The summed E-state index contributed by atoms with van der Waals surface area (Å²) in [7, 11) is -4.13. The Morgan fingerprint density at radius 1 is 1.23 bits per heavy atom. The van der Waals surface area contributed by atoms with Crippen LogP contribution < -0.4 is 0 Å². The van der Waals surface area contributed by atoms with E-state index in [-0.39, 0.29) is 30.7 Å². The zero-order valence-electron chi connectivity index (χ0n) is 5.66. The van der Waals surface area contributed by atoms with Gasteiger partial charge in [0.15, 0.2) is 0 Å². The molecule has 0 atom stereocenters. The molecule has 0 bridgehead atoms. The van der Waals surface area contributed by atoms with Gasteiger partial charge in [-0.3, -0.25) is 4.55 Å². The van der Waals surface area contributed by atoms with Crippen LogP contribution in [0.5, 0.6) is 0 Å². The molecule has 0 aliphatic heterocycles. The molecule has 0 unspecified atom stereocenters. The number of hydrogen-bond donors (Lipinski definition) is 1. The van der Waals surface area contributed by atoms with Gasteiger partial charge in [0.1, 0.15) is 4.90 Å². The van der Waals surface area contributed by atoms with Crippen molar-refractivity contribution < 1.29 is 13.0 Å². The summed E-state index contributed by atoms with van der Waals surface area (Å²) in [5, 5.41) is 0. The molecule has 0 spiro atoms. The average molecular weight is 434 g/mol. The first kappa shape index (κ1) is 14.0. The van der Waals surface area contributed by atoms with Gasteiger partial charge in [-0.25, -0.2) is 0 Å². The van der Waals surface area contributed by atoms with Gasteiger partial charge in [0, 0.05) is 8.95 Å². The minimum absolute atomic E-state index is 0. The summed E-state index contributed by atoms with van der Waals surface area (Å²) in [6.07, 6.45) is 0. The van der Waals surface area contributed by atoms with Gasteiger partial charge in [-0.2, -0.15) is 8.42 Å². The predicted octanol–water partition coefficient (Wildman–Crippen LogP) is 1.27. The zero-order chi connectivity index (χ0) is 9.35. The SMILES string of the molecule is O=S(=O)(O)c1cc(Br)ccc1Br.[InH3]. The van der Waals surface area contributed by atoms with Crippen LogP contribution >= 0.6 is 31.9 Å². The molecule has 3 nitrogen and oxygen atoms in total. The van der Waals surface area contributed by atoms with Crippen LogP contribution in [0.4, 0.5) is 0 Å². The molecule has 0 amide bonds. The first-order valence-corrected chi connectivity index (χ1v) is 5.86. The van der Waals surface area contributed by atoms with Crippen molar-refractivity contribution in [1.82, 2.24) is 0 Å². The van der Waals surface area contributed by atoms with E-state index in [4.69, 9.17) is 4.55 Å². The van der Waals surface area contributed by atoms with E-state index < -0.39 is 10.1 Å². The van der Waals surface area contributed by atoms with Crippen LogP contribution in [0, 0.1) is 0 Å². The summed E-state index contributed by atoms with van der Waals surface area (Å²) in [5.41, 5.74) is 0. The molecule has 13 heavy (non-hydrogen) atoms. The minimum atomic E-state index is -4.13. The summed E-state index contributed by atoms with van der Waals surface area (Å²) in [4.78, 5) is -0.142. The predicted molar refractivity (Wildman–Crippen MR) is 61.6 cm³/mol.